The number of ether oxygens (including phenoxy) is 1. The van der Waals surface area contributed by atoms with E-state index in [1.165, 1.54) is 0 Å². The molecular formula is C16H22N2OS. The van der Waals surface area contributed by atoms with Gasteiger partial charge in [-0.15, -0.1) is 11.3 Å². The van der Waals surface area contributed by atoms with Crippen molar-refractivity contribution < 1.29 is 4.74 Å². The molecule has 2 aromatic rings. The molecule has 2 rings (SSSR count). The number of methoxy groups -OCH3 is 1. The first kappa shape index (κ1) is 15.0. The van der Waals surface area contributed by atoms with E-state index >= 15 is 0 Å². The predicted octanol–water partition coefficient (Wildman–Crippen LogP) is 3.69. The standard InChI is InChI=1S/C16H22N2OS/c1-16(2,3)14-10-20-15(18-14)9-13(17)11-6-5-7-12(8-11)19-4/h5-8,10,13H,9,17H2,1-4H3. The van der Waals surface area contributed by atoms with E-state index in [0.29, 0.717) is 0 Å². The molecule has 0 saturated carbocycles. The Balaban J connectivity index is 2.11. The summed E-state index contributed by atoms with van der Waals surface area (Å²) in [5.41, 5.74) is 8.59. The average Bonchev–Trinajstić information content (AvgIpc) is 2.87. The minimum absolute atomic E-state index is 0.0518. The van der Waals surface area contributed by atoms with Crippen LogP contribution in [0.3, 0.4) is 0 Å². The zero-order valence-electron chi connectivity index (χ0n) is 12.5. The van der Waals surface area contributed by atoms with Crippen LogP contribution >= 0.6 is 11.3 Å². The minimum Gasteiger partial charge on any atom is -0.497 e. The van der Waals surface area contributed by atoms with Crippen LogP contribution in [-0.2, 0) is 11.8 Å². The van der Waals surface area contributed by atoms with Crippen molar-refractivity contribution >= 4 is 11.3 Å². The van der Waals surface area contributed by atoms with Gasteiger partial charge >= 0.3 is 0 Å². The lowest BCUT2D eigenvalue weighted by atomic mass is 9.93. The van der Waals surface area contributed by atoms with E-state index in [1.807, 2.05) is 24.3 Å². The molecule has 0 amide bonds. The van der Waals surface area contributed by atoms with Gasteiger partial charge in [0, 0.05) is 23.3 Å². The van der Waals surface area contributed by atoms with Crippen LogP contribution in [0, 0.1) is 0 Å². The monoisotopic (exact) mass is 290 g/mol. The molecule has 3 nitrogen and oxygen atoms in total. The Morgan fingerprint density at radius 2 is 2.10 bits per heavy atom. The molecule has 2 N–H and O–H groups in total. The second kappa shape index (κ2) is 5.94. The Morgan fingerprint density at radius 1 is 1.35 bits per heavy atom. The molecule has 20 heavy (non-hydrogen) atoms. The number of benzene rings is 1. The van der Waals surface area contributed by atoms with Gasteiger partial charge in [-0.25, -0.2) is 4.98 Å². The van der Waals surface area contributed by atoms with Crippen LogP contribution in [0.15, 0.2) is 29.6 Å². The summed E-state index contributed by atoms with van der Waals surface area (Å²) < 4.78 is 5.24. The Labute approximate surface area is 124 Å². The minimum atomic E-state index is -0.0518. The maximum atomic E-state index is 6.28. The van der Waals surface area contributed by atoms with E-state index in [0.717, 1.165) is 28.4 Å². The lowest BCUT2D eigenvalue weighted by molar-refractivity contribution is 0.414. The van der Waals surface area contributed by atoms with Crippen molar-refractivity contribution in [2.45, 2.75) is 38.6 Å². The van der Waals surface area contributed by atoms with Gasteiger partial charge < -0.3 is 10.5 Å². The zero-order valence-corrected chi connectivity index (χ0v) is 13.3. The quantitative estimate of drug-likeness (QED) is 0.934. The second-order valence-electron chi connectivity index (χ2n) is 5.96. The number of nitrogens with zero attached hydrogens (tertiary/aromatic N) is 1. The van der Waals surface area contributed by atoms with Crippen LogP contribution in [0.25, 0.3) is 0 Å². The van der Waals surface area contributed by atoms with Gasteiger partial charge in [-0.3, -0.25) is 0 Å². The van der Waals surface area contributed by atoms with Crippen LogP contribution in [0.2, 0.25) is 0 Å². The average molecular weight is 290 g/mol. The smallest absolute Gasteiger partial charge is 0.119 e. The molecule has 0 saturated heterocycles. The zero-order chi connectivity index (χ0) is 14.8. The molecule has 1 aromatic carbocycles. The summed E-state index contributed by atoms with van der Waals surface area (Å²) >= 11 is 1.69. The molecule has 108 valence electrons. The largest absolute Gasteiger partial charge is 0.497 e. The molecule has 1 heterocycles. The summed E-state index contributed by atoms with van der Waals surface area (Å²) in [5, 5.41) is 3.22. The highest BCUT2D eigenvalue weighted by Gasteiger charge is 2.18. The first-order chi connectivity index (χ1) is 9.40. The molecule has 0 aliphatic heterocycles. The molecule has 0 bridgehead atoms. The Hall–Kier alpha value is -1.39. The molecule has 1 unspecified atom stereocenters. The third-order valence-electron chi connectivity index (χ3n) is 3.24. The van der Waals surface area contributed by atoms with Crippen LogP contribution in [0.1, 0.15) is 43.1 Å². The molecular weight excluding hydrogens is 268 g/mol. The third-order valence-corrected chi connectivity index (χ3v) is 4.11. The number of hydrogen-bond donors (Lipinski definition) is 1. The molecule has 0 aliphatic rings. The van der Waals surface area contributed by atoms with E-state index in [-0.39, 0.29) is 11.5 Å². The van der Waals surface area contributed by atoms with Crippen molar-refractivity contribution in [2.75, 3.05) is 7.11 Å². The summed E-state index contributed by atoms with van der Waals surface area (Å²) in [4.78, 5) is 4.70. The fourth-order valence-corrected chi connectivity index (χ4v) is 3.01. The summed E-state index contributed by atoms with van der Waals surface area (Å²) in [6.07, 6.45) is 0.758. The highest BCUT2D eigenvalue weighted by molar-refractivity contribution is 7.09. The number of rotatable bonds is 4. The van der Waals surface area contributed by atoms with Crippen LogP contribution in [0.4, 0.5) is 0 Å². The van der Waals surface area contributed by atoms with Crippen molar-refractivity contribution in [2.24, 2.45) is 5.73 Å². The van der Waals surface area contributed by atoms with E-state index in [2.05, 4.69) is 26.2 Å². The number of hydrogen-bond acceptors (Lipinski definition) is 4. The predicted molar refractivity (Wildman–Crippen MR) is 84.4 cm³/mol. The van der Waals surface area contributed by atoms with Crippen LogP contribution in [0.5, 0.6) is 5.75 Å². The summed E-state index contributed by atoms with van der Waals surface area (Å²) in [6.45, 7) is 6.52. The third kappa shape index (κ3) is 3.58. The first-order valence-corrected chi connectivity index (χ1v) is 7.62. The van der Waals surface area contributed by atoms with E-state index < -0.39 is 0 Å². The maximum absolute atomic E-state index is 6.28. The van der Waals surface area contributed by atoms with Crippen molar-refractivity contribution in [3.8, 4) is 5.75 Å². The summed E-state index contributed by atoms with van der Waals surface area (Å²) in [6, 6.07) is 7.87. The Bertz CT molecular complexity index is 572. The molecule has 0 spiro atoms. The fraction of sp³-hybridized carbons (Fsp3) is 0.438. The highest BCUT2D eigenvalue weighted by atomic mass is 32.1. The fourth-order valence-electron chi connectivity index (χ4n) is 1.93. The van der Waals surface area contributed by atoms with E-state index in [1.54, 1.807) is 18.4 Å². The number of thiazole rings is 1. The Kier molecular flexibility index (Phi) is 4.45. The molecule has 1 aromatic heterocycles. The molecule has 4 heteroatoms. The van der Waals surface area contributed by atoms with Gasteiger partial charge in [-0.2, -0.15) is 0 Å². The van der Waals surface area contributed by atoms with Crippen molar-refractivity contribution in [1.29, 1.82) is 0 Å². The molecule has 0 radical (unpaired) electrons. The second-order valence-corrected chi connectivity index (χ2v) is 6.91. The molecule has 0 fully saturated rings. The lowest BCUT2D eigenvalue weighted by Crippen LogP contribution is -2.15. The van der Waals surface area contributed by atoms with Crippen molar-refractivity contribution in [3.63, 3.8) is 0 Å². The van der Waals surface area contributed by atoms with Gasteiger partial charge in [-0.05, 0) is 17.7 Å². The van der Waals surface area contributed by atoms with Crippen molar-refractivity contribution in [3.05, 3.63) is 45.9 Å². The molecule has 1 atom stereocenters. The summed E-state index contributed by atoms with van der Waals surface area (Å²) in [5.74, 6) is 0.840. The number of nitrogens with two attached hydrogens (primary N) is 1. The molecule has 0 aliphatic carbocycles. The highest BCUT2D eigenvalue weighted by Crippen LogP contribution is 2.26. The summed E-state index contributed by atoms with van der Waals surface area (Å²) in [7, 11) is 1.67. The van der Waals surface area contributed by atoms with Gasteiger partial charge in [0.15, 0.2) is 0 Å². The Morgan fingerprint density at radius 3 is 2.70 bits per heavy atom. The topological polar surface area (TPSA) is 48.1 Å². The SMILES string of the molecule is COc1cccc(C(N)Cc2nc(C(C)(C)C)cs2)c1. The van der Waals surface area contributed by atoms with Gasteiger partial charge in [0.25, 0.3) is 0 Å². The van der Waals surface area contributed by atoms with Gasteiger partial charge in [0.1, 0.15) is 5.75 Å². The van der Waals surface area contributed by atoms with Gasteiger partial charge in [0.2, 0.25) is 0 Å². The lowest BCUT2D eigenvalue weighted by Gasteiger charge is -2.15. The normalized spacial score (nSPS) is 13.2. The van der Waals surface area contributed by atoms with E-state index in [9.17, 15) is 0 Å². The van der Waals surface area contributed by atoms with Gasteiger partial charge in [0.05, 0.1) is 17.8 Å². The van der Waals surface area contributed by atoms with E-state index in [4.69, 9.17) is 15.5 Å². The number of aromatic nitrogens is 1. The van der Waals surface area contributed by atoms with Crippen molar-refractivity contribution in [1.82, 2.24) is 4.98 Å². The van der Waals surface area contributed by atoms with Crippen LogP contribution < -0.4 is 10.5 Å². The maximum Gasteiger partial charge on any atom is 0.119 e. The van der Waals surface area contributed by atoms with Crippen LogP contribution in [-0.4, -0.2) is 12.1 Å². The van der Waals surface area contributed by atoms with Gasteiger partial charge in [-0.1, -0.05) is 32.9 Å². The first-order valence-electron chi connectivity index (χ1n) is 6.74.